The van der Waals surface area contributed by atoms with Crippen LogP contribution in [0.1, 0.15) is 5.56 Å². The Morgan fingerprint density at radius 2 is 1.52 bits per heavy atom. The smallest absolute Gasteiger partial charge is 0.0412 e. The predicted molar refractivity (Wildman–Crippen MR) is 92.2 cm³/mol. The van der Waals surface area contributed by atoms with Crippen molar-refractivity contribution in [1.29, 1.82) is 0 Å². The van der Waals surface area contributed by atoms with Crippen LogP contribution in [0, 0.1) is 6.92 Å². The summed E-state index contributed by atoms with van der Waals surface area (Å²) in [5.74, 6) is 0. The molecule has 21 heavy (non-hydrogen) atoms. The molecule has 0 aliphatic heterocycles. The van der Waals surface area contributed by atoms with Crippen molar-refractivity contribution in [2.75, 3.05) is 0 Å². The Bertz CT molecular complexity index is 733. The molecule has 0 aliphatic carbocycles. The lowest BCUT2D eigenvalue weighted by molar-refractivity contribution is 1.36. The van der Waals surface area contributed by atoms with E-state index < -0.39 is 0 Å². The van der Waals surface area contributed by atoms with Gasteiger partial charge in [0.15, 0.2) is 0 Å². The van der Waals surface area contributed by atoms with Crippen molar-refractivity contribution in [2.24, 2.45) is 0 Å². The predicted octanol–water partition coefficient (Wildman–Crippen LogP) is 6.47. The number of hydrogen-bond donors (Lipinski definition) is 0. The maximum Gasteiger partial charge on any atom is 0.0412 e. The Morgan fingerprint density at radius 3 is 2.24 bits per heavy atom. The molecule has 2 heteroatoms. The van der Waals surface area contributed by atoms with Crippen molar-refractivity contribution in [2.45, 2.75) is 16.7 Å². The zero-order chi connectivity index (χ0) is 14.7. The second kappa shape index (κ2) is 6.38. The molecule has 3 aromatic carbocycles. The van der Waals surface area contributed by atoms with Gasteiger partial charge >= 0.3 is 0 Å². The van der Waals surface area contributed by atoms with E-state index in [4.69, 9.17) is 11.6 Å². The van der Waals surface area contributed by atoms with Crippen LogP contribution in [0.2, 0.25) is 5.02 Å². The first-order valence-corrected chi connectivity index (χ1v) is 8.01. The molecular weight excluding hydrogens is 296 g/mol. The van der Waals surface area contributed by atoms with Gasteiger partial charge < -0.3 is 0 Å². The summed E-state index contributed by atoms with van der Waals surface area (Å²) in [6, 6.07) is 25.0. The van der Waals surface area contributed by atoms with Gasteiger partial charge in [-0.1, -0.05) is 71.4 Å². The van der Waals surface area contributed by atoms with Crippen molar-refractivity contribution in [3.8, 4) is 11.1 Å². The average Bonchev–Trinajstić information content (AvgIpc) is 2.52. The molecule has 0 amide bonds. The Hall–Kier alpha value is -1.70. The average molecular weight is 311 g/mol. The van der Waals surface area contributed by atoms with Gasteiger partial charge in [-0.3, -0.25) is 0 Å². The summed E-state index contributed by atoms with van der Waals surface area (Å²) in [5.41, 5.74) is 3.64. The summed E-state index contributed by atoms with van der Waals surface area (Å²) in [5, 5.41) is 0.766. The number of benzene rings is 3. The zero-order valence-corrected chi connectivity index (χ0v) is 13.3. The lowest BCUT2D eigenvalue weighted by Crippen LogP contribution is -1.83. The zero-order valence-electron chi connectivity index (χ0n) is 11.7. The summed E-state index contributed by atoms with van der Waals surface area (Å²) in [4.78, 5) is 2.45. The fourth-order valence-corrected chi connectivity index (χ4v) is 3.29. The highest BCUT2D eigenvalue weighted by Crippen LogP contribution is 2.37. The van der Waals surface area contributed by atoms with Gasteiger partial charge in [-0.05, 0) is 48.4 Å². The van der Waals surface area contributed by atoms with Crippen LogP contribution in [0.5, 0.6) is 0 Å². The van der Waals surface area contributed by atoms with Gasteiger partial charge in [-0.2, -0.15) is 0 Å². The SMILES string of the molecule is Cc1ccc(Sc2ccc(Cl)cc2-c2ccccc2)cc1. The van der Waals surface area contributed by atoms with Crippen LogP contribution in [0.3, 0.4) is 0 Å². The van der Waals surface area contributed by atoms with Crippen molar-refractivity contribution < 1.29 is 0 Å². The van der Waals surface area contributed by atoms with Crippen molar-refractivity contribution in [1.82, 2.24) is 0 Å². The molecule has 3 rings (SSSR count). The van der Waals surface area contributed by atoms with E-state index in [1.807, 2.05) is 18.2 Å². The Kier molecular flexibility index (Phi) is 4.33. The van der Waals surface area contributed by atoms with Gasteiger partial charge in [-0.25, -0.2) is 0 Å². The largest absolute Gasteiger partial charge is 0.0894 e. The summed E-state index contributed by atoms with van der Waals surface area (Å²) in [6.45, 7) is 2.10. The molecule has 0 spiro atoms. The second-order valence-electron chi connectivity index (χ2n) is 4.92. The normalized spacial score (nSPS) is 10.6. The van der Waals surface area contributed by atoms with E-state index in [9.17, 15) is 0 Å². The van der Waals surface area contributed by atoms with Crippen LogP contribution in [0.25, 0.3) is 11.1 Å². The van der Waals surface area contributed by atoms with E-state index in [-0.39, 0.29) is 0 Å². The molecule has 3 aromatic rings. The number of rotatable bonds is 3. The van der Waals surface area contributed by atoms with Crippen LogP contribution in [0.15, 0.2) is 82.6 Å². The highest BCUT2D eigenvalue weighted by atomic mass is 35.5. The molecular formula is C19H15ClS. The third-order valence-electron chi connectivity index (χ3n) is 3.28. The van der Waals surface area contributed by atoms with E-state index in [1.165, 1.54) is 26.5 Å². The van der Waals surface area contributed by atoms with Crippen molar-refractivity contribution in [3.05, 3.63) is 83.4 Å². The minimum Gasteiger partial charge on any atom is -0.0894 e. The van der Waals surface area contributed by atoms with Crippen LogP contribution in [-0.4, -0.2) is 0 Å². The lowest BCUT2D eigenvalue weighted by Gasteiger charge is -2.10. The maximum absolute atomic E-state index is 6.18. The summed E-state index contributed by atoms with van der Waals surface area (Å²) < 4.78 is 0. The van der Waals surface area contributed by atoms with E-state index in [0.717, 1.165) is 5.02 Å². The molecule has 0 saturated carbocycles. The lowest BCUT2D eigenvalue weighted by atomic mass is 10.1. The number of aryl methyl sites for hydroxylation is 1. The van der Waals surface area contributed by atoms with Crippen LogP contribution in [-0.2, 0) is 0 Å². The third-order valence-corrected chi connectivity index (χ3v) is 4.59. The summed E-state index contributed by atoms with van der Waals surface area (Å²) in [6.07, 6.45) is 0. The minimum atomic E-state index is 0.766. The Balaban J connectivity index is 2.00. The quantitative estimate of drug-likeness (QED) is 0.534. The third kappa shape index (κ3) is 3.49. The maximum atomic E-state index is 6.18. The molecule has 0 N–H and O–H groups in total. The van der Waals surface area contributed by atoms with Crippen molar-refractivity contribution >= 4 is 23.4 Å². The second-order valence-corrected chi connectivity index (χ2v) is 6.47. The fraction of sp³-hybridized carbons (Fsp3) is 0.0526. The highest BCUT2D eigenvalue weighted by Gasteiger charge is 2.07. The highest BCUT2D eigenvalue weighted by molar-refractivity contribution is 7.99. The Morgan fingerprint density at radius 1 is 0.810 bits per heavy atom. The van der Waals surface area contributed by atoms with E-state index >= 15 is 0 Å². The van der Waals surface area contributed by atoms with Crippen LogP contribution >= 0.6 is 23.4 Å². The van der Waals surface area contributed by atoms with Gasteiger partial charge in [0, 0.05) is 14.8 Å². The molecule has 0 nitrogen and oxygen atoms in total. The number of halogens is 1. The molecule has 0 bridgehead atoms. The summed E-state index contributed by atoms with van der Waals surface area (Å²) >= 11 is 7.95. The molecule has 0 aliphatic rings. The topological polar surface area (TPSA) is 0 Å². The van der Waals surface area contributed by atoms with Crippen LogP contribution < -0.4 is 0 Å². The molecule has 0 atom stereocenters. The number of hydrogen-bond acceptors (Lipinski definition) is 1. The van der Waals surface area contributed by atoms with Gasteiger partial charge in [0.2, 0.25) is 0 Å². The summed E-state index contributed by atoms with van der Waals surface area (Å²) in [7, 11) is 0. The molecule has 0 heterocycles. The molecule has 0 radical (unpaired) electrons. The van der Waals surface area contributed by atoms with Gasteiger partial charge in [0.25, 0.3) is 0 Å². The van der Waals surface area contributed by atoms with E-state index in [0.29, 0.717) is 0 Å². The standard InChI is InChI=1S/C19H15ClS/c1-14-7-10-17(11-8-14)21-19-12-9-16(20)13-18(19)15-5-3-2-4-6-15/h2-13H,1H3. The molecule has 0 aromatic heterocycles. The van der Waals surface area contributed by atoms with Gasteiger partial charge in [-0.15, -0.1) is 0 Å². The first kappa shape index (κ1) is 14.2. The van der Waals surface area contributed by atoms with Crippen LogP contribution in [0.4, 0.5) is 0 Å². The van der Waals surface area contributed by atoms with Gasteiger partial charge in [0.05, 0.1) is 0 Å². The first-order chi connectivity index (χ1) is 10.2. The fourth-order valence-electron chi connectivity index (χ4n) is 2.17. The molecule has 0 saturated heterocycles. The van der Waals surface area contributed by atoms with E-state index in [1.54, 1.807) is 11.8 Å². The Labute approximate surface area is 134 Å². The first-order valence-electron chi connectivity index (χ1n) is 6.82. The molecule has 104 valence electrons. The monoisotopic (exact) mass is 310 g/mol. The minimum absolute atomic E-state index is 0.766. The van der Waals surface area contributed by atoms with Gasteiger partial charge in [0.1, 0.15) is 0 Å². The van der Waals surface area contributed by atoms with E-state index in [2.05, 4.69) is 61.5 Å². The molecule has 0 unspecified atom stereocenters. The molecule has 0 fully saturated rings. The van der Waals surface area contributed by atoms with Crippen molar-refractivity contribution in [3.63, 3.8) is 0 Å².